The molecule has 7 nitrogen and oxygen atoms in total. The number of carbonyl (C=O) groups is 1. The topological polar surface area (TPSA) is 63.5 Å². The first kappa shape index (κ1) is 16.4. The van der Waals surface area contributed by atoms with Gasteiger partial charge in [0.25, 0.3) is 0 Å². The Morgan fingerprint density at radius 3 is 2.64 bits per heavy atom. The van der Waals surface area contributed by atoms with E-state index < -0.39 is 0 Å². The van der Waals surface area contributed by atoms with Gasteiger partial charge in [0.1, 0.15) is 0 Å². The maximum Gasteiger partial charge on any atom is 0.233 e. The van der Waals surface area contributed by atoms with Crippen LogP contribution in [-0.4, -0.2) is 64.2 Å². The lowest BCUT2D eigenvalue weighted by Gasteiger charge is -2.26. The molecule has 0 unspecified atom stereocenters. The molecule has 132 valence electrons. The van der Waals surface area contributed by atoms with Crippen LogP contribution < -0.4 is 4.90 Å². The Bertz CT molecular complexity index is 755. The van der Waals surface area contributed by atoms with Gasteiger partial charge >= 0.3 is 0 Å². The zero-order chi connectivity index (χ0) is 17.2. The molecule has 1 saturated heterocycles. The Kier molecular flexibility index (Phi) is 4.63. The van der Waals surface area contributed by atoms with Crippen molar-refractivity contribution in [2.24, 2.45) is 0 Å². The van der Waals surface area contributed by atoms with Gasteiger partial charge in [0.2, 0.25) is 11.9 Å². The summed E-state index contributed by atoms with van der Waals surface area (Å²) in [5.74, 6) is 1.38. The summed E-state index contributed by atoms with van der Waals surface area (Å²) in [5, 5.41) is 9.44. The number of ether oxygens (including phenoxy) is 1. The predicted molar refractivity (Wildman–Crippen MR) is 96.3 cm³/mol. The van der Waals surface area contributed by atoms with Gasteiger partial charge in [-0.15, -0.1) is 10.2 Å². The fourth-order valence-electron chi connectivity index (χ4n) is 3.08. The number of benzene rings is 1. The van der Waals surface area contributed by atoms with Crippen LogP contribution in [0.4, 0.5) is 11.6 Å². The average molecular weight is 359 g/mol. The quantitative estimate of drug-likeness (QED) is 0.774. The standard InChI is InChI=1S/C17H21N5O2S/c1-13-2-4-14(5-3-13)21-6-7-22-16(21)18-19-17(22)25-12-15(23)20-8-10-24-11-9-20/h2-5H,6-12H2,1H3. The molecule has 0 spiro atoms. The number of thioether (sulfide) groups is 1. The summed E-state index contributed by atoms with van der Waals surface area (Å²) >= 11 is 1.46. The lowest BCUT2D eigenvalue weighted by Crippen LogP contribution is -2.41. The third kappa shape index (κ3) is 3.36. The van der Waals surface area contributed by atoms with Gasteiger partial charge in [-0.2, -0.15) is 0 Å². The summed E-state index contributed by atoms with van der Waals surface area (Å²) in [6.45, 7) is 6.40. The molecule has 0 N–H and O–H groups in total. The molecular weight excluding hydrogens is 338 g/mol. The smallest absolute Gasteiger partial charge is 0.233 e. The van der Waals surface area contributed by atoms with Gasteiger partial charge in [-0.05, 0) is 19.1 Å². The van der Waals surface area contributed by atoms with E-state index in [1.54, 1.807) is 0 Å². The molecule has 3 heterocycles. The highest BCUT2D eigenvalue weighted by atomic mass is 32.2. The average Bonchev–Trinajstić information content (AvgIpc) is 3.23. The summed E-state index contributed by atoms with van der Waals surface area (Å²) in [6, 6.07) is 8.42. The number of aromatic nitrogens is 3. The van der Waals surface area contributed by atoms with Crippen LogP contribution in [0, 0.1) is 6.92 Å². The van der Waals surface area contributed by atoms with Gasteiger partial charge in [-0.3, -0.25) is 9.36 Å². The van der Waals surface area contributed by atoms with Crippen LogP contribution in [0.3, 0.4) is 0 Å². The third-order valence-electron chi connectivity index (χ3n) is 4.52. The molecule has 0 bridgehead atoms. The van der Waals surface area contributed by atoms with Crippen molar-refractivity contribution in [1.29, 1.82) is 0 Å². The van der Waals surface area contributed by atoms with Gasteiger partial charge in [-0.1, -0.05) is 29.5 Å². The van der Waals surface area contributed by atoms with Crippen LogP contribution in [0.25, 0.3) is 0 Å². The van der Waals surface area contributed by atoms with E-state index in [-0.39, 0.29) is 5.91 Å². The van der Waals surface area contributed by atoms with Crippen molar-refractivity contribution in [1.82, 2.24) is 19.7 Å². The maximum atomic E-state index is 12.3. The van der Waals surface area contributed by atoms with E-state index in [1.807, 2.05) is 4.90 Å². The van der Waals surface area contributed by atoms with Crippen LogP contribution >= 0.6 is 11.8 Å². The second-order valence-electron chi connectivity index (χ2n) is 6.20. The van der Waals surface area contributed by atoms with Gasteiger partial charge in [-0.25, -0.2) is 0 Å². The first-order valence-corrected chi connectivity index (χ1v) is 9.46. The molecule has 2 aliphatic rings. The highest BCUT2D eigenvalue weighted by molar-refractivity contribution is 7.99. The SMILES string of the molecule is Cc1ccc(N2CCn3c(SCC(=O)N4CCOCC4)nnc32)cc1. The van der Waals surface area contributed by atoms with E-state index in [2.05, 4.69) is 50.9 Å². The van der Waals surface area contributed by atoms with E-state index >= 15 is 0 Å². The molecule has 1 fully saturated rings. The zero-order valence-electron chi connectivity index (χ0n) is 14.2. The van der Waals surface area contributed by atoms with Crippen molar-refractivity contribution in [3.63, 3.8) is 0 Å². The Morgan fingerprint density at radius 1 is 1.12 bits per heavy atom. The fraction of sp³-hybridized carbons (Fsp3) is 0.471. The predicted octanol–water partition coefficient (Wildman–Crippen LogP) is 1.69. The number of hydrogen-bond acceptors (Lipinski definition) is 6. The van der Waals surface area contributed by atoms with Crippen molar-refractivity contribution >= 4 is 29.3 Å². The molecule has 1 amide bonds. The number of nitrogens with zero attached hydrogens (tertiary/aromatic N) is 5. The van der Waals surface area contributed by atoms with E-state index in [9.17, 15) is 4.79 Å². The van der Waals surface area contributed by atoms with Crippen LogP contribution in [-0.2, 0) is 16.1 Å². The lowest BCUT2D eigenvalue weighted by molar-refractivity contribution is -0.132. The molecule has 1 aromatic carbocycles. The second kappa shape index (κ2) is 7.05. The van der Waals surface area contributed by atoms with Crippen molar-refractivity contribution in [2.45, 2.75) is 18.6 Å². The molecule has 0 aliphatic carbocycles. The summed E-state index contributed by atoms with van der Waals surface area (Å²) in [6.07, 6.45) is 0. The molecule has 0 radical (unpaired) electrons. The molecule has 2 aromatic rings. The Labute approximate surface area is 151 Å². The minimum absolute atomic E-state index is 0.138. The molecule has 2 aliphatic heterocycles. The number of morpholine rings is 1. The van der Waals surface area contributed by atoms with Crippen LogP contribution in [0.15, 0.2) is 29.4 Å². The monoisotopic (exact) mass is 359 g/mol. The summed E-state index contributed by atoms with van der Waals surface area (Å²) in [5.41, 5.74) is 2.36. The largest absolute Gasteiger partial charge is 0.378 e. The summed E-state index contributed by atoms with van der Waals surface area (Å²) in [7, 11) is 0. The minimum Gasteiger partial charge on any atom is -0.378 e. The van der Waals surface area contributed by atoms with E-state index in [1.165, 1.54) is 17.3 Å². The van der Waals surface area contributed by atoms with Crippen molar-refractivity contribution in [3.05, 3.63) is 29.8 Å². The van der Waals surface area contributed by atoms with E-state index in [0.717, 1.165) is 29.9 Å². The maximum absolute atomic E-state index is 12.3. The van der Waals surface area contributed by atoms with Crippen molar-refractivity contribution < 1.29 is 9.53 Å². The molecule has 25 heavy (non-hydrogen) atoms. The van der Waals surface area contributed by atoms with E-state index in [4.69, 9.17) is 4.74 Å². The second-order valence-corrected chi connectivity index (χ2v) is 7.15. The third-order valence-corrected chi connectivity index (χ3v) is 5.47. The number of fused-ring (bicyclic) bond motifs is 1. The molecule has 0 atom stereocenters. The fourth-order valence-corrected chi connectivity index (χ4v) is 3.95. The number of carbonyl (C=O) groups excluding carboxylic acids is 1. The zero-order valence-corrected chi connectivity index (χ0v) is 15.0. The normalized spacial score (nSPS) is 17.0. The van der Waals surface area contributed by atoms with Crippen molar-refractivity contribution in [2.75, 3.05) is 43.5 Å². The number of aryl methyl sites for hydroxylation is 1. The highest BCUT2D eigenvalue weighted by Gasteiger charge is 2.27. The summed E-state index contributed by atoms with van der Waals surface area (Å²) in [4.78, 5) is 16.3. The Morgan fingerprint density at radius 2 is 1.88 bits per heavy atom. The highest BCUT2D eigenvalue weighted by Crippen LogP contribution is 2.32. The molecule has 0 saturated carbocycles. The first-order valence-electron chi connectivity index (χ1n) is 8.48. The number of hydrogen-bond donors (Lipinski definition) is 0. The first-order chi connectivity index (χ1) is 12.2. The number of amides is 1. The lowest BCUT2D eigenvalue weighted by atomic mass is 10.2. The van der Waals surface area contributed by atoms with Gasteiger partial charge < -0.3 is 14.5 Å². The summed E-state index contributed by atoms with van der Waals surface area (Å²) < 4.78 is 7.38. The van der Waals surface area contributed by atoms with Gasteiger partial charge in [0.15, 0.2) is 5.16 Å². The minimum atomic E-state index is 0.138. The number of anilines is 2. The molecule has 1 aromatic heterocycles. The molecule has 4 rings (SSSR count). The van der Waals surface area contributed by atoms with Gasteiger partial charge in [0, 0.05) is 31.9 Å². The van der Waals surface area contributed by atoms with Crippen molar-refractivity contribution in [3.8, 4) is 0 Å². The molecule has 8 heteroatoms. The van der Waals surface area contributed by atoms with Crippen LogP contribution in [0.2, 0.25) is 0 Å². The molecular formula is C17H21N5O2S. The number of rotatable bonds is 4. The van der Waals surface area contributed by atoms with Crippen LogP contribution in [0.5, 0.6) is 0 Å². The van der Waals surface area contributed by atoms with Gasteiger partial charge in [0.05, 0.1) is 19.0 Å². The Balaban J connectivity index is 1.43. The Hall–Kier alpha value is -2.06. The van der Waals surface area contributed by atoms with E-state index in [0.29, 0.717) is 32.1 Å². The van der Waals surface area contributed by atoms with Crippen LogP contribution in [0.1, 0.15) is 5.56 Å².